The van der Waals surface area contributed by atoms with E-state index in [2.05, 4.69) is 28.6 Å². The van der Waals surface area contributed by atoms with Crippen molar-refractivity contribution in [1.29, 1.82) is 0 Å². The summed E-state index contributed by atoms with van der Waals surface area (Å²) in [5.41, 5.74) is 0.125. The van der Waals surface area contributed by atoms with Crippen LogP contribution < -0.4 is 0 Å². The molecule has 2 heterocycles. The highest BCUT2D eigenvalue weighted by Crippen LogP contribution is 2.45. The van der Waals surface area contributed by atoms with Gasteiger partial charge in [0.25, 0.3) is 0 Å². The maximum atomic E-state index is 11.3. The normalized spacial score (nSPS) is 24.2. The summed E-state index contributed by atoms with van der Waals surface area (Å²) in [6.45, 7) is 5.06. The molecule has 3 rings (SSSR count). The summed E-state index contributed by atoms with van der Waals surface area (Å²) in [6.07, 6.45) is 7.38. The van der Waals surface area contributed by atoms with E-state index in [1.54, 1.807) is 0 Å². The smallest absolute Gasteiger partial charge is 0.308 e. The molecule has 1 saturated carbocycles. The quantitative estimate of drug-likeness (QED) is 0.926. The average Bonchev–Trinajstić information content (AvgIpc) is 3.04. The first-order chi connectivity index (χ1) is 10.0. The number of carboxylic acid groups (broad SMARTS) is 1. The van der Waals surface area contributed by atoms with Gasteiger partial charge in [-0.15, -0.1) is 10.2 Å². The molecule has 5 heteroatoms. The molecule has 0 aromatic carbocycles. The molecule has 2 aliphatic rings. The van der Waals surface area contributed by atoms with Gasteiger partial charge in [0.2, 0.25) is 0 Å². The summed E-state index contributed by atoms with van der Waals surface area (Å²) in [5, 5.41) is 18.2. The van der Waals surface area contributed by atoms with Crippen molar-refractivity contribution in [3.05, 3.63) is 11.6 Å². The lowest BCUT2D eigenvalue weighted by Crippen LogP contribution is -2.33. The first-order valence-corrected chi connectivity index (χ1v) is 8.17. The minimum Gasteiger partial charge on any atom is -0.481 e. The molecule has 0 spiro atoms. The molecule has 5 nitrogen and oxygen atoms in total. The number of aliphatic carboxylic acids is 1. The van der Waals surface area contributed by atoms with Crippen LogP contribution in [-0.2, 0) is 23.2 Å². The number of aromatic nitrogens is 3. The molecular formula is C16H25N3O2. The number of nitrogens with zero attached hydrogens (tertiary/aromatic N) is 3. The van der Waals surface area contributed by atoms with E-state index in [4.69, 9.17) is 0 Å². The topological polar surface area (TPSA) is 68.0 Å². The molecule has 1 aliphatic carbocycles. The van der Waals surface area contributed by atoms with E-state index in [1.165, 1.54) is 25.7 Å². The summed E-state index contributed by atoms with van der Waals surface area (Å²) >= 11 is 0. The van der Waals surface area contributed by atoms with E-state index >= 15 is 0 Å². The zero-order valence-corrected chi connectivity index (χ0v) is 13.0. The summed E-state index contributed by atoms with van der Waals surface area (Å²) < 4.78 is 2.13. The zero-order chi connectivity index (χ0) is 15.0. The molecule has 1 N–H and O–H groups in total. The van der Waals surface area contributed by atoms with Crippen molar-refractivity contribution in [2.45, 2.75) is 70.8 Å². The number of rotatable bonds is 4. The number of carbonyl (C=O) groups is 1. The molecule has 1 fully saturated rings. The van der Waals surface area contributed by atoms with Crippen molar-refractivity contribution >= 4 is 5.97 Å². The molecule has 1 unspecified atom stereocenters. The molecule has 1 atom stereocenters. The van der Waals surface area contributed by atoms with Crippen molar-refractivity contribution in [3.8, 4) is 0 Å². The first-order valence-electron chi connectivity index (χ1n) is 8.17. The van der Waals surface area contributed by atoms with Gasteiger partial charge in [-0.25, -0.2) is 0 Å². The van der Waals surface area contributed by atoms with Gasteiger partial charge < -0.3 is 9.67 Å². The summed E-state index contributed by atoms with van der Waals surface area (Å²) in [7, 11) is 0. The Balaban J connectivity index is 1.95. The lowest BCUT2D eigenvalue weighted by Gasteiger charge is -2.32. The number of carboxylic acids is 1. The highest BCUT2D eigenvalue weighted by atomic mass is 16.4. The van der Waals surface area contributed by atoms with Crippen LogP contribution in [0.4, 0.5) is 0 Å². The van der Waals surface area contributed by atoms with Gasteiger partial charge in [0, 0.05) is 18.4 Å². The fourth-order valence-corrected chi connectivity index (χ4v) is 4.27. The van der Waals surface area contributed by atoms with E-state index in [0.29, 0.717) is 18.9 Å². The van der Waals surface area contributed by atoms with Crippen molar-refractivity contribution in [2.75, 3.05) is 0 Å². The van der Waals surface area contributed by atoms with E-state index in [-0.39, 0.29) is 11.3 Å². The molecule has 0 bridgehead atoms. The van der Waals surface area contributed by atoms with Crippen molar-refractivity contribution < 1.29 is 9.90 Å². The number of fused-ring (bicyclic) bond motifs is 1. The molecule has 0 radical (unpaired) electrons. The zero-order valence-electron chi connectivity index (χ0n) is 13.0. The largest absolute Gasteiger partial charge is 0.481 e. The van der Waals surface area contributed by atoms with Gasteiger partial charge in [-0.1, -0.05) is 26.7 Å². The van der Waals surface area contributed by atoms with Crippen LogP contribution in [-0.4, -0.2) is 25.8 Å². The van der Waals surface area contributed by atoms with Gasteiger partial charge in [0.05, 0.1) is 5.92 Å². The Morgan fingerprint density at radius 3 is 2.71 bits per heavy atom. The number of hydrogen-bond acceptors (Lipinski definition) is 3. The molecule has 1 aliphatic heterocycles. The lowest BCUT2D eigenvalue weighted by atomic mass is 9.77. The molecule has 21 heavy (non-hydrogen) atoms. The summed E-state index contributed by atoms with van der Waals surface area (Å²) in [5.74, 6) is 1.69. The average molecular weight is 291 g/mol. The van der Waals surface area contributed by atoms with Gasteiger partial charge in [-0.3, -0.25) is 4.79 Å². The predicted octanol–water partition coefficient (Wildman–Crippen LogP) is 2.78. The second-order valence-corrected chi connectivity index (χ2v) is 7.21. The second kappa shape index (κ2) is 5.43. The van der Waals surface area contributed by atoms with Crippen LogP contribution in [0.2, 0.25) is 0 Å². The van der Waals surface area contributed by atoms with Crippen LogP contribution in [0.25, 0.3) is 0 Å². The van der Waals surface area contributed by atoms with Crippen LogP contribution in [0, 0.1) is 11.8 Å². The van der Waals surface area contributed by atoms with Crippen LogP contribution in [0.1, 0.15) is 64.0 Å². The number of hydrogen-bond donors (Lipinski definition) is 1. The van der Waals surface area contributed by atoms with Crippen molar-refractivity contribution in [2.24, 2.45) is 11.8 Å². The third-order valence-electron chi connectivity index (χ3n) is 5.13. The minimum atomic E-state index is -0.690. The fraction of sp³-hybridized carbons (Fsp3) is 0.812. The van der Waals surface area contributed by atoms with Crippen LogP contribution in [0.15, 0.2) is 0 Å². The Morgan fingerprint density at radius 2 is 2.10 bits per heavy atom. The minimum absolute atomic E-state index is 0.125. The highest BCUT2D eigenvalue weighted by molar-refractivity contribution is 5.70. The fourth-order valence-electron chi connectivity index (χ4n) is 4.27. The maximum Gasteiger partial charge on any atom is 0.308 e. The summed E-state index contributed by atoms with van der Waals surface area (Å²) in [4.78, 5) is 11.3. The Hall–Kier alpha value is -1.39. The molecule has 0 amide bonds. The van der Waals surface area contributed by atoms with Gasteiger partial charge in [0.1, 0.15) is 11.6 Å². The first kappa shape index (κ1) is 14.5. The molecule has 1 aromatic heterocycles. The Morgan fingerprint density at radius 1 is 1.38 bits per heavy atom. The van der Waals surface area contributed by atoms with E-state index in [9.17, 15) is 9.90 Å². The Labute approximate surface area is 125 Å². The van der Waals surface area contributed by atoms with Crippen LogP contribution in [0.3, 0.4) is 0 Å². The van der Waals surface area contributed by atoms with Crippen molar-refractivity contribution in [3.63, 3.8) is 0 Å². The third-order valence-corrected chi connectivity index (χ3v) is 5.13. The van der Waals surface area contributed by atoms with Crippen LogP contribution >= 0.6 is 0 Å². The van der Waals surface area contributed by atoms with Gasteiger partial charge in [0.15, 0.2) is 0 Å². The molecule has 116 valence electrons. The molecular weight excluding hydrogens is 266 g/mol. The van der Waals surface area contributed by atoms with Gasteiger partial charge in [-0.2, -0.15) is 0 Å². The molecule has 0 saturated heterocycles. The van der Waals surface area contributed by atoms with E-state index < -0.39 is 5.97 Å². The highest BCUT2D eigenvalue weighted by Gasteiger charge is 2.42. The lowest BCUT2D eigenvalue weighted by molar-refractivity contribution is -0.142. The van der Waals surface area contributed by atoms with Crippen molar-refractivity contribution in [1.82, 2.24) is 14.8 Å². The third kappa shape index (κ3) is 2.58. The van der Waals surface area contributed by atoms with E-state index in [1.807, 2.05) is 0 Å². The standard InChI is InChI=1S/C16H25N3O2/c1-11(2)9-16(7-3-4-8-16)15-18-17-13-6-5-12(14(20)21)10-19(13)15/h11-12H,3-10H2,1-2H3,(H,20,21). The number of aryl methyl sites for hydroxylation is 1. The van der Waals surface area contributed by atoms with Gasteiger partial charge in [-0.05, 0) is 31.6 Å². The maximum absolute atomic E-state index is 11.3. The van der Waals surface area contributed by atoms with Crippen LogP contribution in [0.5, 0.6) is 0 Å². The SMILES string of the molecule is CC(C)CC1(c2nnc3n2CC(C(=O)O)CC3)CCCC1. The van der Waals surface area contributed by atoms with E-state index in [0.717, 1.165) is 24.5 Å². The second-order valence-electron chi connectivity index (χ2n) is 7.21. The monoisotopic (exact) mass is 291 g/mol. The molecule has 1 aromatic rings. The van der Waals surface area contributed by atoms with Gasteiger partial charge >= 0.3 is 5.97 Å². The summed E-state index contributed by atoms with van der Waals surface area (Å²) in [6, 6.07) is 0. The Bertz CT molecular complexity index is 530. The Kier molecular flexibility index (Phi) is 3.76. The predicted molar refractivity (Wildman–Crippen MR) is 79.1 cm³/mol.